The predicted octanol–water partition coefficient (Wildman–Crippen LogP) is 3.70. The number of para-hydroxylation sites is 1. The number of esters is 1. The molecule has 0 aliphatic carbocycles. The van der Waals surface area contributed by atoms with E-state index >= 15 is 0 Å². The Hall–Kier alpha value is -3.41. The van der Waals surface area contributed by atoms with Gasteiger partial charge in [-0.2, -0.15) is 0 Å². The number of hydrogen-bond donors (Lipinski definition) is 1. The monoisotopic (exact) mass is 351 g/mol. The zero-order valence-electron chi connectivity index (χ0n) is 14.6. The minimum Gasteiger partial charge on any atom is -0.495 e. The van der Waals surface area contributed by atoms with Gasteiger partial charge in [-0.1, -0.05) is 17.7 Å². The Kier molecular flexibility index (Phi) is 4.58. The topological polar surface area (TPSA) is 85.7 Å². The number of rotatable bonds is 4. The molecule has 0 aliphatic rings. The van der Waals surface area contributed by atoms with Crippen molar-refractivity contribution in [3.63, 3.8) is 0 Å². The normalized spacial score (nSPS) is 10.6. The summed E-state index contributed by atoms with van der Waals surface area (Å²) < 4.78 is 10.2. The maximum atomic E-state index is 12.3. The van der Waals surface area contributed by atoms with Crippen LogP contribution in [0.3, 0.4) is 0 Å². The Morgan fingerprint density at radius 1 is 1.04 bits per heavy atom. The molecule has 0 amide bonds. The number of pyridine rings is 1. The lowest BCUT2D eigenvalue weighted by Crippen LogP contribution is -2.05. The van der Waals surface area contributed by atoms with Crippen LogP contribution in [-0.4, -0.2) is 36.2 Å². The maximum absolute atomic E-state index is 12.3. The third-order valence-corrected chi connectivity index (χ3v) is 4.10. The number of carboxylic acids is 1. The molecule has 0 spiro atoms. The number of nitrogens with zero attached hydrogens (tertiary/aromatic N) is 1. The van der Waals surface area contributed by atoms with E-state index in [9.17, 15) is 14.7 Å². The van der Waals surface area contributed by atoms with Gasteiger partial charge in [0, 0.05) is 10.9 Å². The average Bonchev–Trinajstić information content (AvgIpc) is 2.65. The average molecular weight is 351 g/mol. The van der Waals surface area contributed by atoms with Crippen molar-refractivity contribution in [2.24, 2.45) is 0 Å². The number of hydrogen-bond acceptors (Lipinski definition) is 5. The van der Waals surface area contributed by atoms with Crippen LogP contribution in [0.4, 0.5) is 0 Å². The quantitative estimate of drug-likeness (QED) is 0.721. The summed E-state index contributed by atoms with van der Waals surface area (Å²) >= 11 is 0. The number of aryl methyl sites for hydroxylation is 1. The van der Waals surface area contributed by atoms with Gasteiger partial charge in [-0.05, 0) is 37.3 Å². The molecule has 0 atom stereocenters. The maximum Gasteiger partial charge on any atom is 0.339 e. The molecule has 132 valence electrons. The molecular formula is C20H17NO5. The van der Waals surface area contributed by atoms with Crippen LogP contribution < -0.4 is 4.74 Å². The molecule has 0 saturated carbocycles. The predicted molar refractivity (Wildman–Crippen MR) is 96.8 cm³/mol. The highest BCUT2D eigenvalue weighted by Gasteiger charge is 2.20. The Bertz CT molecular complexity index is 1030. The Morgan fingerprint density at radius 2 is 1.81 bits per heavy atom. The first kappa shape index (κ1) is 17.4. The number of methoxy groups -OCH3 is 2. The Labute approximate surface area is 150 Å². The first-order valence-corrected chi connectivity index (χ1v) is 7.86. The number of carbonyl (C=O) groups excluding carboxylic acids is 1. The number of aromatic nitrogens is 1. The lowest BCUT2D eigenvalue weighted by molar-refractivity contribution is 0.0602. The van der Waals surface area contributed by atoms with Crippen molar-refractivity contribution in [3.05, 3.63) is 59.2 Å². The first-order chi connectivity index (χ1) is 12.5. The van der Waals surface area contributed by atoms with Gasteiger partial charge < -0.3 is 14.6 Å². The minimum absolute atomic E-state index is 0.0235. The number of aromatic carboxylic acids is 1. The summed E-state index contributed by atoms with van der Waals surface area (Å²) in [5.41, 5.74) is 2.90. The summed E-state index contributed by atoms with van der Waals surface area (Å²) in [4.78, 5) is 28.3. The number of fused-ring (bicyclic) bond motifs is 1. The number of ether oxygens (including phenoxy) is 2. The van der Waals surface area contributed by atoms with Gasteiger partial charge in [0.25, 0.3) is 0 Å². The summed E-state index contributed by atoms with van der Waals surface area (Å²) in [6.45, 7) is 1.92. The summed E-state index contributed by atoms with van der Waals surface area (Å²) in [5.74, 6) is -1.40. The van der Waals surface area contributed by atoms with E-state index in [1.54, 1.807) is 18.2 Å². The van der Waals surface area contributed by atoms with Gasteiger partial charge in [0.15, 0.2) is 0 Å². The molecule has 3 aromatic rings. The second-order valence-corrected chi connectivity index (χ2v) is 5.76. The van der Waals surface area contributed by atoms with Crippen LogP contribution in [0.25, 0.3) is 22.2 Å². The van der Waals surface area contributed by atoms with Crippen LogP contribution in [0.1, 0.15) is 26.3 Å². The molecule has 0 unspecified atom stereocenters. The van der Waals surface area contributed by atoms with E-state index in [4.69, 9.17) is 9.47 Å². The van der Waals surface area contributed by atoms with Gasteiger partial charge >= 0.3 is 11.9 Å². The van der Waals surface area contributed by atoms with Crippen LogP contribution in [0.2, 0.25) is 0 Å². The Balaban J connectivity index is 2.33. The van der Waals surface area contributed by atoms with E-state index in [1.807, 2.05) is 25.1 Å². The van der Waals surface area contributed by atoms with Gasteiger partial charge in [-0.3, -0.25) is 0 Å². The van der Waals surface area contributed by atoms with E-state index < -0.39 is 11.9 Å². The summed E-state index contributed by atoms with van der Waals surface area (Å²) in [6.07, 6.45) is 0. The second kappa shape index (κ2) is 6.84. The molecule has 6 heteroatoms. The molecular weight excluding hydrogens is 334 g/mol. The van der Waals surface area contributed by atoms with Crippen molar-refractivity contribution in [1.29, 1.82) is 0 Å². The lowest BCUT2D eigenvalue weighted by atomic mass is 10.0. The van der Waals surface area contributed by atoms with E-state index in [-0.39, 0.29) is 11.3 Å². The molecule has 0 bridgehead atoms. The van der Waals surface area contributed by atoms with Crippen LogP contribution in [0.5, 0.6) is 5.75 Å². The fourth-order valence-electron chi connectivity index (χ4n) is 2.88. The van der Waals surface area contributed by atoms with Crippen molar-refractivity contribution in [1.82, 2.24) is 4.98 Å². The number of carbonyl (C=O) groups is 2. The Morgan fingerprint density at radius 3 is 2.46 bits per heavy atom. The molecule has 6 nitrogen and oxygen atoms in total. The molecule has 3 rings (SSSR count). The highest BCUT2D eigenvalue weighted by molar-refractivity contribution is 6.05. The van der Waals surface area contributed by atoms with Gasteiger partial charge in [0.05, 0.1) is 31.0 Å². The largest absolute Gasteiger partial charge is 0.495 e. The molecule has 0 radical (unpaired) electrons. The van der Waals surface area contributed by atoms with E-state index in [0.717, 1.165) is 5.56 Å². The standard InChI is InChI=1S/C20H17NO5/c1-11-7-8-16-14(9-11)15(20(24)26-3)10-17(21-16)12-5-4-6-13(19(22)23)18(12)25-2/h4-10H,1-3H3,(H,22,23). The summed E-state index contributed by atoms with van der Waals surface area (Å²) in [7, 11) is 2.71. The fourth-order valence-corrected chi connectivity index (χ4v) is 2.88. The van der Waals surface area contributed by atoms with Crippen LogP contribution in [0, 0.1) is 6.92 Å². The zero-order chi connectivity index (χ0) is 18.8. The molecule has 0 fully saturated rings. The fraction of sp³-hybridized carbons (Fsp3) is 0.150. The van der Waals surface area contributed by atoms with Crippen molar-refractivity contribution >= 4 is 22.8 Å². The van der Waals surface area contributed by atoms with Crippen molar-refractivity contribution in [2.75, 3.05) is 14.2 Å². The third kappa shape index (κ3) is 2.97. The summed E-state index contributed by atoms with van der Waals surface area (Å²) in [5, 5.41) is 10.1. The molecule has 1 aromatic heterocycles. The third-order valence-electron chi connectivity index (χ3n) is 4.10. The smallest absolute Gasteiger partial charge is 0.339 e. The van der Waals surface area contributed by atoms with Gasteiger partial charge in [-0.25, -0.2) is 14.6 Å². The van der Waals surface area contributed by atoms with Crippen molar-refractivity contribution in [2.45, 2.75) is 6.92 Å². The number of benzene rings is 2. The zero-order valence-corrected chi connectivity index (χ0v) is 14.6. The first-order valence-electron chi connectivity index (χ1n) is 7.86. The molecule has 0 aliphatic heterocycles. The number of carboxylic acid groups (broad SMARTS) is 1. The minimum atomic E-state index is -1.10. The van der Waals surface area contributed by atoms with Crippen molar-refractivity contribution < 1.29 is 24.2 Å². The molecule has 2 aromatic carbocycles. The molecule has 1 N–H and O–H groups in total. The van der Waals surface area contributed by atoms with Crippen LogP contribution in [0.15, 0.2) is 42.5 Å². The van der Waals surface area contributed by atoms with E-state index in [0.29, 0.717) is 27.7 Å². The highest BCUT2D eigenvalue weighted by atomic mass is 16.5. The van der Waals surface area contributed by atoms with E-state index in [2.05, 4.69) is 4.98 Å². The van der Waals surface area contributed by atoms with Crippen LogP contribution in [-0.2, 0) is 4.74 Å². The molecule has 1 heterocycles. The summed E-state index contributed by atoms with van der Waals surface area (Å²) in [6, 6.07) is 11.9. The second-order valence-electron chi connectivity index (χ2n) is 5.76. The molecule has 26 heavy (non-hydrogen) atoms. The highest BCUT2D eigenvalue weighted by Crippen LogP contribution is 2.34. The van der Waals surface area contributed by atoms with Crippen molar-refractivity contribution in [3.8, 4) is 17.0 Å². The SMILES string of the molecule is COC(=O)c1cc(-c2cccc(C(=O)O)c2OC)nc2ccc(C)cc12. The van der Waals surface area contributed by atoms with Gasteiger partial charge in [-0.15, -0.1) is 0 Å². The van der Waals surface area contributed by atoms with E-state index in [1.165, 1.54) is 20.3 Å². The van der Waals surface area contributed by atoms with Gasteiger partial charge in [0.2, 0.25) is 0 Å². The molecule has 0 saturated heterocycles. The lowest BCUT2D eigenvalue weighted by Gasteiger charge is -2.13. The van der Waals surface area contributed by atoms with Gasteiger partial charge in [0.1, 0.15) is 11.3 Å². The van der Waals surface area contributed by atoms with Crippen LogP contribution >= 0.6 is 0 Å².